The van der Waals surface area contributed by atoms with E-state index in [0.717, 1.165) is 0 Å². The number of carbonyl (C=O) groups is 1. The molecule has 1 aromatic heterocycles. The number of rotatable bonds is 7. The molecule has 0 saturated heterocycles. The molecule has 0 aliphatic rings. The standard InChI is InChI=1S/C21H21NO7/c1-26-15-6-5-11(7-16(15)27-2)19-12-8-17(28-3)18(29-4)9-14(12)22-20(21(24)25)13(19)10-23/h5-9,23H,10H2,1-4H3,(H,24,25). The number of aliphatic hydroxyl groups is 1. The molecule has 0 atom stereocenters. The number of pyridine rings is 1. The van der Waals surface area contributed by atoms with Crippen LogP contribution in [0.4, 0.5) is 0 Å². The molecule has 0 bridgehead atoms. The third-order valence-electron chi connectivity index (χ3n) is 4.62. The summed E-state index contributed by atoms with van der Waals surface area (Å²) in [6.45, 7) is -0.511. The molecule has 0 aliphatic heterocycles. The second-order valence-electron chi connectivity index (χ2n) is 6.07. The van der Waals surface area contributed by atoms with E-state index in [9.17, 15) is 15.0 Å². The van der Waals surface area contributed by atoms with Gasteiger partial charge in [0, 0.05) is 17.0 Å². The number of aromatic nitrogens is 1. The van der Waals surface area contributed by atoms with Gasteiger partial charge in [0.25, 0.3) is 0 Å². The second kappa shape index (κ2) is 8.24. The summed E-state index contributed by atoms with van der Waals surface area (Å²) < 4.78 is 21.4. The molecule has 0 spiro atoms. The normalized spacial score (nSPS) is 10.7. The van der Waals surface area contributed by atoms with Gasteiger partial charge in [-0.25, -0.2) is 9.78 Å². The summed E-state index contributed by atoms with van der Waals surface area (Å²) in [5.41, 5.74) is 1.48. The molecule has 8 nitrogen and oxygen atoms in total. The maximum absolute atomic E-state index is 11.8. The van der Waals surface area contributed by atoms with Crippen LogP contribution in [0.25, 0.3) is 22.0 Å². The van der Waals surface area contributed by atoms with Crippen molar-refractivity contribution in [3.63, 3.8) is 0 Å². The highest BCUT2D eigenvalue weighted by molar-refractivity contribution is 6.03. The average Bonchev–Trinajstić information content (AvgIpc) is 2.75. The molecule has 0 fully saturated rings. The first-order valence-electron chi connectivity index (χ1n) is 8.64. The summed E-state index contributed by atoms with van der Waals surface area (Å²) in [5, 5.41) is 20.3. The molecule has 3 aromatic rings. The zero-order valence-corrected chi connectivity index (χ0v) is 16.5. The van der Waals surface area contributed by atoms with Crippen molar-refractivity contribution >= 4 is 16.9 Å². The number of aromatic carboxylic acids is 1. The number of aliphatic hydroxyl groups excluding tert-OH is 1. The lowest BCUT2D eigenvalue weighted by molar-refractivity contribution is 0.0687. The monoisotopic (exact) mass is 399 g/mol. The quantitative estimate of drug-likeness (QED) is 0.624. The zero-order chi connectivity index (χ0) is 21.1. The Morgan fingerprint density at radius 3 is 2.03 bits per heavy atom. The summed E-state index contributed by atoms with van der Waals surface area (Å²) in [6, 6.07) is 8.50. The molecule has 3 rings (SSSR count). The fourth-order valence-corrected chi connectivity index (χ4v) is 3.28. The van der Waals surface area contributed by atoms with E-state index >= 15 is 0 Å². The number of hydrogen-bond acceptors (Lipinski definition) is 7. The van der Waals surface area contributed by atoms with E-state index in [-0.39, 0.29) is 11.3 Å². The number of fused-ring (bicyclic) bond motifs is 1. The van der Waals surface area contributed by atoms with Crippen molar-refractivity contribution in [2.75, 3.05) is 28.4 Å². The minimum atomic E-state index is -1.24. The highest BCUT2D eigenvalue weighted by Crippen LogP contribution is 2.41. The van der Waals surface area contributed by atoms with Gasteiger partial charge in [0.15, 0.2) is 28.7 Å². The maximum atomic E-state index is 11.8. The van der Waals surface area contributed by atoms with Gasteiger partial charge in [-0.15, -0.1) is 0 Å². The Balaban J connectivity index is 2.46. The van der Waals surface area contributed by atoms with E-state index in [1.165, 1.54) is 28.4 Å². The number of benzene rings is 2. The number of nitrogens with zero attached hydrogens (tertiary/aromatic N) is 1. The highest BCUT2D eigenvalue weighted by Gasteiger charge is 2.23. The van der Waals surface area contributed by atoms with Gasteiger partial charge < -0.3 is 29.2 Å². The van der Waals surface area contributed by atoms with Crippen molar-refractivity contribution in [2.45, 2.75) is 6.61 Å². The molecule has 0 radical (unpaired) electrons. The number of carboxylic acid groups (broad SMARTS) is 1. The molecular weight excluding hydrogens is 378 g/mol. The van der Waals surface area contributed by atoms with Crippen molar-refractivity contribution < 1.29 is 34.0 Å². The zero-order valence-electron chi connectivity index (χ0n) is 16.5. The summed E-state index contributed by atoms with van der Waals surface area (Å²) in [5.74, 6) is 0.621. The van der Waals surface area contributed by atoms with Gasteiger partial charge >= 0.3 is 5.97 Å². The Hall–Kier alpha value is -3.52. The summed E-state index contributed by atoms with van der Waals surface area (Å²) in [4.78, 5) is 16.1. The van der Waals surface area contributed by atoms with E-state index in [1.54, 1.807) is 30.3 Å². The molecule has 0 saturated carbocycles. The Kier molecular flexibility index (Phi) is 5.74. The summed E-state index contributed by atoms with van der Waals surface area (Å²) in [7, 11) is 6.03. The first-order valence-corrected chi connectivity index (χ1v) is 8.64. The Labute approximate surface area is 167 Å². The molecule has 2 N–H and O–H groups in total. The SMILES string of the molecule is COc1ccc(-c2c(CO)c(C(=O)O)nc3cc(OC)c(OC)cc23)cc1OC. The van der Waals surface area contributed by atoms with E-state index in [0.29, 0.717) is 45.0 Å². The smallest absolute Gasteiger partial charge is 0.354 e. The summed E-state index contributed by atoms with van der Waals surface area (Å²) >= 11 is 0. The Morgan fingerprint density at radius 1 is 0.897 bits per heavy atom. The van der Waals surface area contributed by atoms with Crippen molar-refractivity contribution in [1.29, 1.82) is 0 Å². The van der Waals surface area contributed by atoms with Gasteiger partial charge in [0.05, 0.1) is 40.6 Å². The molecule has 1 heterocycles. The van der Waals surface area contributed by atoms with Crippen LogP contribution in [0.15, 0.2) is 30.3 Å². The molecule has 0 amide bonds. The first-order chi connectivity index (χ1) is 14.0. The van der Waals surface area contributed by atoms with E-state index < -0.39 is 12.6 Å². The number of ether oxygens (including phenoxy) is 4. The van der Waals surface area contributed by atoms with Gasteiger partial charge in [-0.05, 0) is 29.3 Å². The van der Waals surface area contributed by atoms with Crippen LogP contribution >= 0.6 is 0 Å². The average molecular weight is 399 g/mol. The molecule has 8 heteroatoms. The lowest BCUT2D eigenvalue weighted by Crippen LogP contribution is -2.09. The van der Waals surface area contributed by atoms with Crippen molar-refractivity contribution in [3.8, 4) is 34.1 Å². The van der Waals surface area contributed by atoms with Crippen molar-refractivity contribution in [2.24, 2.45) is 0 Å². The van der Waals surface area contributed by atoms with Crippen molar-refractivity contribution in [3.05, 3.63) is 41.6 Å². The highest BCUT2D eigenvalue weighted by atomic mass is 16.5. The number of carboxylic acids is 1. The van der Waals surface area contributed by atoms with Gasteiger partial charge in [-0.2, -0.15) is 0 Å². The molecule has 152 valence electrons. The third-order valence-corrected chi connectivity index (χ3v) is 4.62. The van der Waals surface area contributed by atoms with Gasteiger partial charge in [-0.3, -0.25) is 0 Å². The topological polar surface area (TPSA) is 107 Å². The van der Waals surface area contributed by atoms with E-state index in [2.05, 4.69) is 4.98 Å². The van der Waals surface area contributed by atoms with Gasteiger partial charge in [0.1, 0.15) is 0 Å². The Morgan fingerprint density at radius 2 is 1.48 bits per heavy atom. The van der Waals surface area contributed by atoms with Crippen LogP contribution in [0.1, 0.15) is 16.1 Å². The molecule has 0 unspecified atom stereocenters. The van der Waals surface area contributed by atoms with Crippen LogP contribution in [-0.4, -0.2) is 49.6 Å². The molecular formula is C21H21NO7. The van der Waals surface area contributed by atoms with Crippen LogP contribution in [0, 0.1) is 0 Å². The first kappa shape index (κ1) is 20.2. The molecule has 29 heavy (non-hydrogen) atoms. The number of hydrogen-bond donors (Lipinski definition) is 2. The minimum Gasteiger partial charge on any atom is -0.493 e. The van der Waals surface area contributed by atoms with E-state index in [4.69, 9.17) is 18.9 Å². The Bertz CT molecular complexity index is 1080. The molecule has 2 aromatic carbocycles. The summed E-state index contributed by atoms with van der Waals surface area (Å²) in [6.07, 6.45) is 0. The third kappa shape index (κ3) is 3.50. The lowest BCUT2D eigenvalue weighted by atomic mass is 9.93. The van der Waals surface area contributed by atoms with Gasteiger partial charge in [-0.1, -0.05) is 6.07 Å². The predicted molar refractivity (Wildman–Crippen MR) is 106 cm³/mol. The lowest BCUT2D eigenvalue weighted by Gasteiger charge is -2.17. The predicted octanol–water partition coefficient (Wildman–Crippen LogP) is 3.13. The van der Waals surface area contributed by atoms with Crippen LogP contribution in [-0.2, 0) is 6.61 Å². The number of methoxy groups -OCH3 is 4. The maximum Gasteiger partial charge on any atom is 0.354 e. The largest absolute Gasteiger partial charge is 0.493 e. The molecule has 0 aliphatic carbocycles. The van der Waals surface area contributed by atoms with Crippen LogP contribution in [0.2, 0.25) is 0 Å². The van der Waals surface area contributed by atoms with Gasteiger partial charge in [0.2, 0.25) is 0 Å². The fraction of sp³-hybridized carbons (Fsp3) is 0.238. The second-order valence-corrected chi connectivity index (χ2v) is 6.07. The van der Waals surface area contributed by atoms with Crippen LogP contribution in [0.5, 0.6) is 23.0 Å². The van der Waals surface area contributed by atoms with E-state index in [1.807, 2.05) is 0 Å². The fourth-order valence-electron chi connectivity index (χ4n) is 3.28. The van der Waals surface area contributed by atoms with Crippen molar-refractivity contribution in [1.82, 2.24) is 4.98 Å². The minimum absolute atomic E-state index is 0.185. The van der Waals surface area contributed by atoms with Crippen LogP contribution in [0.3, 0.4) is 0 Å². The van der Waals surface area contributed by atoms with Crippen LogP contribution < -0.4 is 18.9 Å².